The normalized spacial score (nSPS) is 34.0. The monoisotopic (exact) mass is 286 g/mol. The largest absolute Gasteiger partial charge is 0.369 e. The highest BCUT2D eigenvalue weighted by atomic mass is 127. The molecule has 0 radical (unpaired) electrons. The van der Waals surface area contributed by atoms with E-state index in [0.717, 1.165) is 10.8 Å². The van der Waals surface area contributed by atoms with Crippen molar-refractivity contribution in [2.75, 3.05) is 18.6 Å². The minimum atomic E-state index is -0.518. The van der Waals surface area contributed by atoms with Crippen LogP contribution in [0.4, 0.5) is 0 Å². The van der Waals surface area contributed by atoms with Crippen molar-refractivity contribution in [3.05, 3.63) is 0 Å². The fourth-order valence-electron chi connectivity index (χ4n) is 1.60. The molecule has 0 saturated carbocycles. The van der Waals surface area contributed by atoms with Crippen LogP contribution >= 0.6 is 22.6 Å². The Morgan fingerprint density at radius 2 is 2.08 bits per heavy atom. The molecule has 72 valence electrons. The first-order valence-corrected chi connectivity index (χ1v) is 5.53. The molecule has 0 bridgehead atoms. The van der Waals surface area contributed by atoms with Crippen molar-refractivity contribution >= 4 is 22.6 Å². The first-order valence-electron chi connectivity index (χ1n) is 4.00. The Bertz CT molecular complexity index is 147. The molecular formula is C8H15IO3. The summed E-state index contributed by atoms with van der Waals surface area (Å²) in [6.45, 7) is 1.99. The van der Waals surface area contributed by atoms with Gasteiger partial charge in [0.1, 0.15) is 6.10 Å². The van der Waals surface area contributed by atoms with E-state index in [0.29, 0.717) is 0 Å². The van der Waals surface area contributed by atoms with Crippen molar-refractivity contribution in [2.24, 2.45) is 0 Å². The van der Waals surface area contributed by atoms with Gasteiger partial charge in [-0.1, -0.05) is 22.6 Å². The summed E-state index contributed by atoms with van der Waals surface area (Å²) in [4.78, 5) is 0. The summed E-state index contributed by atoms with van der Waals surface area (Å²) >= 11 is 2.31. The molecule has 0 spiro atoms. The number of hydrogen-bond acceptors (Lipinski definition) is 3. The van der Waals surface area contributed by atoms with Crippen LogP contribution in [0.1, 0.15) is 13.3 Å². The molecule has 1 aliphatic heterocycles. The third-order valence-electron chi connectivity index (χ3n) is 2.39. The van der Waals surface area contributed by atoms with E-state index >= 15 is 0 Å². The van der Waals surface area contributed by atoms with Crippen LogP contribution < -0.4 is 0 Å². The maximum atomic E-state index is 5.65. The summed E-state index contributed by atoms with van der Waals surface area (Å²) in [6, 6.07) is 0. The van der Waals surface area contributed by atoms with Crippen LogP contribution in [0.25, 0.3) is 0 Å². The number of alkyl halides is 1. The van der Waals surface area contributed by atoms with Gasteiger partial charge in [-0.25, -0.2) is 0 Å². The van der Waals surface area contributed by atoms with Crippen LogP contribution in [0, 0.1) is 0 Å². The Morgan fingerprint density at radius 1 is 1.50 bits per heavy atom. The van der Waals surface area contributed by atoms with Gasteiger partial charge in [-0.05, 0) is 6.92 Å². The molecule has 2 unspecified atom stereocenters. The van der Waals surface area contributed by atoms with Gasteiger partial charge in [-0.3, -0.25) is 0 Å². The maximum Gasteiger partial charge on any atom is 0.196 e. The predicted molar refractivity (Wildman–Crippen MR) is 54.6 cm³/mol. The zero-order valence-corrected chi connectivity index (χ0v) is 9.83. The van der Waals surface area contributed by atoms with Crippen molar-refractivity contribution in [3.63, 3.8) is 0 Å². The molecule has 4 heteroatoms. The standard InChI is InChI=1S/C8H15IO3/c1-6-8(10-2,11-3)4-7(5-9)12-6/h6-7H,4-5H2,1-3H3. The lowest BCUT2D eigenvalue weighted by Gasteiger charge is -2.28. The van der Waals surface area contributed by atoms with Crippen LogP contribution in [0.2, 0.25) is 0 Å². The van der Waals surface area contributed by atoms with Crippen LogP contribution in [-0.2, 0) is 14.2 Å². The van der Waals surface area contributed by atoms with Gasteiger partial charge >= 0.3 is 0 Å². The molecule has 1 rings (SSSR count). The Labute approximate surface area is 86.9 Å². The molecule has 0 aromatic heterocycles. The van der Waals surface area contributed by atoms with Crippen LogP contribution in [0.5, 0.6) is 0 Å². The fraction of sp³-hybridized carbons (Fsp3) is 1.00. The second kappa shape index (κ2) is 4.21. The molecule has 1 fully saturated rings. The number of methoxy groups -OCH3 is 2. The van der Waals surface area contributed by atoms with Gasteiger partial charge in [0.05, 0.1) is 6.10 Å². The SMILES string of the molecule is COC1(OC)CC(CI)OC1C. The second-order valence-corrected chi connectivity index (χ2v) is 3.86. The van der Waals surface area contributed by atoms with Crippen molar-refractivity contribution < 1.29 is 14.2 Å². The lowest BCUT2D eigenvalue weighted by Crippen LogP contribution is -2.40. The molecule has 1 aliphatic rings. The van der Waals surface area contributed by atoms with Crippen molar-refractivity contribution in [2.45, 2.75) is 31.3 Å². The molecule has 1 saturated heterocycles. The van der Waals surface area contributed by atoms with Gasteiger partial charge in [0.2, 0.25) is 0 Å². The quantitative estimate of drug-likeness (QED) is 0.448. The van der Waals surface area contributed by atoms with Crippen molar-refractivity contribution in [3.8, 4) is 0 Å². The molecule has 3 nitrogen and oxygen atoms in total. The molecular weight excluding hydrogens is 271 g/mol. The van der Waals surface area contributed by atoms with E-state index in [2.05, 4.69) is 22.6 Å². The number of halogens is 1. The zero-order valence-electron chi connectivity index (χ0n) is 7.67. The van der Waals surface area contributed by atoms with Gasteiger partial charge in [-0.2, -0.15) is 0 Å². The number of hydrogen-bond donors (Lipinski definition) is 0. The van der Waals surface area contributed by atoms with Crippen molar-refractivity contribution in [1.82, 2.24) is 0 Å². The molecule has 0 N–H and O–H groups in total. The summed E-state index contributed by atoms with van der Waals surface area (Å²) < 4.78 is 17.3. The van der Waals surface area contributed by atoms with Gasteiger partial charge in [-0.15, -0.1) is 0 Å². The lowest BCUT2D eigenvalue weighted by atomic mass is 10.1. The van der Waals surface area contributed by atoms with E-state index in [4.69, 9.17) is 14.2 Å². The van der Waals surface area contributed by atoms with E-state index in [1.807, 2.05) is 6.92 Å². The summed E-state index contributed by atoms with van der Waals surface area (Å²) in [6.07, 6.45) is 1.11. The Kier molecular flexibility index (Phi) is 3.75. The van der Waals surface area contributed by atoms with E-state index in [1.165, 1.54) is 0 Å². The smallest absolute Gasteiger partial charge is 0.196 e. The van der Waals surface area contributed by atoms with Gasteiger partial charge in [0.25, 0.3) is 0 Å². The minimum Gasteiger partial charge on any atom is -0.369 e. The average Bonchev–Trinajstić information content (AvgIpc) is 2.43. The maximum absolute atomic E-state index is 5.65. The lowest BCUT2D eigenvalue weighted by molar-refractivity contribution is -0.227. The van der Waals surface area contributed by atoms with Crippen LogP contribution in [0.3, 0.4) is 0 Å². The average molecular weight is 286 g/mol. The number of ether oxygens (including phenoxy) is 3. The predicted octanol–water partition coefficient (Wildman–Crippen LogP) is 1.59. The fourth-order valence-corrected chi connectivity index (χ4v) is 2.12. The summed E-state index contributed by atoms with van der Waals surface area (Å²) in [5.74, 6) is -0.518. The van der Waals surface area contributed by atoms with Crippen molar-refractivity contribution in [1.29, 1.82) is 0 Å². The summed E-state index contributed by atoms with van der Waals surface area (Å²) in [5.41, 5.74) is 0. The highest BCUT2D eigenvalue weighted by molar-refractivity contribution is 14.1. The summed E-state index contributed by atoms with van der Waals surface area (Å²) in [5, 5.41) is 0. The van der Waals surface area contributed by atoms with Gasteiger partial charge < -0.3 is 14.2 Å². The highest BCUT2D eigenvalue weighted by Gasteiger charge is 2.46. The molecule has 12 heavy (non-hydrogen) atoms. The van der Waals surface area contributed by atoms with E-state index in [1.54, 1.807) is 14.2 Å². The van der Waals surface area contributed by atoms with Crippen LogP contribution in [0.15, 0.2) is 0 Å². The Balaban J connectivity index is 2.65. The topological polar surface area (TPSA) is 27.7 Å². The van der Waals surface area contributed by atoms with Gasteiger partial charge in [0.15, 0.2) is 5.79 Å². The third-order valence-corrected chi connectivity index (χ3v) is 3.37. The first-order chi connectivity index (χ1) is 5.68. The number of rotatable bonds is 3. The van der Waals surface area contributed by atoms with E-state index in [9.17, 15) is 0 Å². The van der Waals surface area contributed by atoms with E-state index < -0.39 is 5.79 Å². The molecule has 0 aliphatic carbocycles. The molecule has 0 aromatic rings. The zero-order chi connectivity index (χ0) is 9.19. The third kappa shape index (κ3) is 1.76. The second-order valence-electron chi connectivity index (χ2n) is 2.98. The first kappa shape index (κ1) is 10.7. The minimum absolute atomic E-state index is 0.0206. The molecule has 2 atom stereocenters. The Morgan fingerprint density at radius 3 is 2.33 bits per heavy atom. The molecule has 0 amide bonds. The molecule has 0 aromatic carbocycles. The van der Waals surface area contributed by atoms with E-state index in [-0.39, 0.29) is 12.2 Å². The Hall–Kier alpha value is 0.610. The molecule has 1 heterocycles. The van der Waals surface area contributed by atoms with Crippen LogP contribution in [-0.4, -0.2) is 36.6 Å². The highest BCUT2D eigenvalue weighted by Crippen LogP contribution is 2.34. The van der Waals surface area contributed by atoms with Gasteiger partial charge in [0, 0.05) is 25.1 Å². The summed E-state index contributed by atoms with van der Waals surface area (Å²) in [7, 11) is 3.33.